The van der Waals surface area contributed by atoms with Crippen molar-refractivity contribution in [1.82, 2.24) is 14.5 Å². The van der Waals surface area contributed by atoms with Gasteiger partial charge in [-0.2, -0.15) is 0 Å². The second-order valence-corrected chi connectivity index (χ2v) is 3.84. The summed E-state index contributed by atoms with van der Waals surface area (Å²) in [5, 5.41) is 0. The summed E-state index contributed by atoms with van der Waals surface area (Å²) < 4.78 is 2.03. The molecule has 2 rings (SSSR count). The third-order valence-corrected chi connectivity index (χ3v) is 2.76. The largest absolute Gasteiger partial charge is 0.370 e. The van der Waals surface area contributed by atoms with Gasteiger partial charge in [0, 0.05) is 13.6 Å². The fourth-order valence-electron chi connectivity index (χ4n) is 1.98. The average molecular weight is 207 g/mol. The molecule has 0 saturated carbocycles. The van der Waals surface area contributed by atoms with E-state index in [-0.39, 0.29) is 6.04 Å². The van der Waals surface area contributed by atoms with Crippen LogP contribution >= 0.6 is 0 Å². The van der Waals surface area contributed by atoms with Crippen molar-refractivity contribution >= 4 is 5.96 Å². The van der Waals surface area contributed by atoms with Gasteiger partial charge in [-0.05, 0) is 6.42 Å². The summed E-state index contributed by atoms with van der Waals surface area (Å²) in [4.78, 5) is 10.6. The van der Waals surface area contributed by atoms with Crippen LogP contribution in [-0.4, -0.2) is 33.5 Å². The second-order valence-electron chi connectivity index (χ2n) is 3.84. The minimum atomic E-state index is 0.262. The summed E-state index contributed by atoms with van der Waals surface area (Å²) in [5.41, 5.74) is 7.03. The van der Waals surface area contributed by atoms with Gasteiger partial charge in [0.25, 0.3) is 0 Å². The smallest absolute Gasteiger partial charge is 0.191 e. The van der Waals surface area contributed by atoms with Crippen molar-refractivity contribution in [2.24, 2.45) is 17.8 Å². The Hall–Kier alpha value is -1.52. The van der Waals surface area contributed by atoms with Gasteiger partial charge in [-0.25, -0.2) is 4.98 Å². The quantitative estimate of drug-likeness (QED) is 0.785. The molecule has 1 aromatic rings. The maximum absolute atomic E-state index is 5.86. The van der Waals surface area contributed by atoms with Crippen LogP contribution in [0.3, 0.4) is 0 Å². The Morgan fingerprint density at radius 3 is 3.00 bits per heavy atom. The lowest BCUT2D eigenvalue weighted by Crippen LogP contribution is -2.37. The van der Waals surface area contributed by atoms with Gasteiger partial charge in [-0.15, -0.1) is 0 Å². The predicted molar refractivity (Wildman–Crippen MR) is 59.4 cm³/mol. The molecule has 15 heavy (non-hydrogen) atoms. The molecule has 0 saturated heterocycles. The molecular weight excluding hydrogens is 190 g/mol. The summed E-state index contributed by atoms with van der Waals surface area (Å²) in [5.74, 6) is 0.656. The maximum atomic E-state index is 5.86. The number of imidazole rings is 1. The Morgan fingerprint density at radius 2 is 2.40 bits per heavy atom. The van der Waals surface area contributed by atoms with E-state index in [0.717, 1.165) is 19.5 Å². The van der Waals surface area contributed by atoms with Crippen molar-refractivity contribution in [3.63, 3.8) is 0 Å². The van der Waals surface area contributed by atoms with Crippen LogP contribution in [0, 0.1) is 0 Å². The third-order valence-electron chi connectivity index (χ3n) is 2.76. The van der Waals surface area contributed by atoms with Crippen molar-refractivity contribution in [1.29, 1.82) is 0 Å². The molecule has 0 amide bonds. The molecule has 1 aliphatic rings. The lowest BCUT2D eigenvalue weighted by atomic mass is 10.2. The SMILES string of the molecule is CCCN1C(N)=NCC1c1cncn1C. The molecule has 2 N–H and O–H groups in total. The molecule has 0 fully saturated rings. The average Bonchev–Trinajstić information content (AvgIpc) is 2.76. The topological polar surface area (TPSA) is 59.4 Å². The van der Waals surface area contributed by atoms with Crippen LogP contribution in [0.15, 0.2) is 17.5 Å². The Morgan fingerprint density at radius 1 is 1.60 bits per heavy atom. The van der Waals surface area contributed by atoms with Gasteiger partial charge in [0.1, 0.15) is 0 Å². The van der Waals surface area contributed by atoms with Crippen LogP contribution in [0.25, 0.3) is 0 Å². The second kappa shape index (κ2) is 3.92. The van der Waals surface area contributed by atoms with Gasteiger partial charge >= 0.3 is 0 Å². The molecule has 0 spiro atoms. The molecule has 5 heteroatoms. The number of guanidine groups is 1. The fraction of sp³-hybridized carbons (Fsp3) is 0.600. The molecule has 0 aromatic carbocycles. The van der Waals surface area contributed by atoms with Gasteiger partial charge in [0.2, 0.25) is 0 Å². The van der Waals surface area contributed by atoms with E-state index in [9.17, 15) is 0 Å². The summed E-state index contributed by atoms with van der Waals surface area (Å²) in [6, 6.07) is 0.262. The zero-order valence-electron chi connectivity index (χ0n) is 9.22. The van der Waals surface area contributed by atoms with Gasteiger partial charge < -0.3 is 15.2 Å². The number of hydrogen-bond donors (Lipinski definition) is 1. The van der Waals surface area contributed by atoms with Crippen LogP contribution in [0.4, 0.5) is 0 Å². The van der Waals surface area contributed by atoms with Crippen LogP contribution in [0.2, 0.25) is 0 Å². The molecule has 0 bridgehead atoms. The normalized spacial score (nSPS) is 20.8. The first-order valence-electron chi connectivity index (χ1n) is 5.26. The molecule has 1 aliphatic heterocycles. The van der Waals surface area contributed by atoms with E-state index in [4.69, 9.17) is 5.73 Å². The molecule has 1 aromatic heterocycles. The van der Waals surface area contributed by atoms with Crippen LogP contribution < -0.4 is 5.73 Å². The summed E-state index contributed by atoms with van der Waals surface area (Å²) in [6.07, 6.45) is 4.78. The molecule has 0 radical (unpaired) electrons. The van der Waals surface area contributed by atoms with Crippen LogP contribution in [-0.2, 0) is 7.05 Å². The molecule has 82 valence electrons. The zero-order chi connectivity index (χ0) is 10.8. The van der Waals surface area contributed by atoms with E-state index in [1.807, 2.05) is 24.1 Å². The molecule has 0 aliphatic carbocycles. The first kappa shape index (κ1) is 10.0. The summed E-state index contributed by atoms with van der Waals surface area (Å²) in [6.45, 7) is 3.84. The zero-order valence-corrected chi connectivity index (χ0v) is 9.22. The minimum Gasteiger partial charge on any atom is -0.370 e. The lowest BCUT2D eigenvalue weighted by Gasteiger charge is -2.25. The van der Waals surface area contributed by atoms with E-state index >= 15 is 0 Å². The fourth-order valence-corrected chi connectivity index (χ4v) is 1.98. The highest BCUT2D eigenvalue weighted by molar-refractivity contribution is 5.80. The van der Waals surface area contributed by atoms with Crippen molar-refractivity contribution in [2.45, 2.75) is 19.4 Å². The minimum absolute atomic E-state index is 0.262. The highest BCUT2D eigenvalue weighted by Crippen LogP contribution is 2.24. The number of nitrogens with zero attached hydrogens (tertiary/aromatic N) is 4. The summed E-state index contributed by atoms with van der Waals surface area (Å²) in [7, 11) is 2.00. The number of hydrogen-bond acceptors (Lipinski definition) is 4. The van der Waals surface area contributed by atoms with Crippen molar-refractivity contribution in [3.05, 3.63) is 18.2 Å². The first-order chi connectivity index (χ1) is 7.24. The van der Waals surface area contributed by atoms with Crippen LogP contribution in [0.1, 0.15) is 25.1 Å². The van der Waals surface area contributed by atoms with Gasteiger partial charge in [-0.1, -0.05) is 6.92 Å². The number of aromatic nitrogens is 2. The Labute approximate surface area is 89.6 Å². The van der Waals surface area contributed by atoms with E-state index < -0.39 is 0 Å². The van der Waals surface area contributed by atoms with Crippen LogP contribution in [0.5, 0.6) is 0 Å². The van der Waals surface area contributed by atoms with E-state index in [1.165, 1.54) is 5.69 Å². The van der Waals surface area contributed by atoms with Crippen molar-refractivity contribution in [3.8, 4) is 0 Å². The third kappa shape index (κ3) is 1.69. The molecule has 2 heterocycles. The molecule has 5 nitrogen and oxygen atoms in total. The van der Waals surface area contributed by atoms with E-state index in [2.05, 4.69) is 21.8 Å². The first-order valence-corrected chi connectivity index (χ1v) is 5.26. The molecule has 1 atom stereocenters. The summed E-state index contributed by atoms with van der Waals surface area (Å²) >= 11 is 0. The Balaban J connectivity index is 2.21. The van der Waals surface area contributed by atoms with E-state index in [1.54, 1.807) is 0 Å². The Bertz CT molecular complexity index is 368. The van der Waals surface area contributed by atoms with Gasteiger partial charge in [-0.3, -0.25) is 4.99 Å². The monoisotopic (exact) mass is 207 g/mol. The number of rotatable bonds is 3. The highest BCUT2D eigenvalue weighted by atomic mass is 15.3. The lowest BCUT2D eigenvalue weighted by molar-refractivity contribution is 0.336. The van der Waals surface area contributed by atoms with Gasteiger partial charge in [0.15, 0.2) is 5.96 Å². The standard InChI is InChI=1S/C10H17N5/c1-3-4-15-9(6-13-10(15)11)8-5-12-7-14(8)2/h5,7,9H,3-4,6H2,1-2H3,(H2,11,13). The molecule has 1 unspecified atom stereocenters. The number of aliphatic imine (C=N–C) groups is 1. The highest BCUT2D eigenvalue weighted by Gasteiger charge is 2.28. The Kier molecular flexibility index (Phi) is 2.62. The van der Waals surface area contributed by atoms with E-state index in [0.29, 0.717) is 5.96 Å². The number of aryl methyl sites for hydroxylation is 1. The number of nitrogens with two attached hydrogens (primary N) is 1. The van der Waals surface area contributed by atoms with Gasteiger partial charge in [0.05, 0.1) is 30.8 Å². The van der Waals surface area contributed by atoms with Crippen molar-refractivity contribution < 1.29 is 0 Å². The molecular formula is C10H17N5. The maximum Gasteiger partial charge on any atom is 0.191 e. The van der Waals surface area contributed by atoms with Crippen molar-refractivity contribution in [2.75, 3.05) is 13.1 Å². The predicted octanol–water partition coefficient (Wildman–Crippen LogP) is 0.501.